The van der Waals surface area contributed by atoms with Crippen molar-refractivity contribution in [1.29, 1.82) is 0 Å². The molecule has 0 aliphatic carbocycles. The highest BCUT2D eigenvalue weighted by Gasteiger charge is 2.31. The second-order valence-corrected chi connectivity index (χ2v) is 5.37. The molecule has 2 aromatic rings. The first-order valence-electron chi connectivity index (χ1n) is 6.21. The molecule has 1 heterocycles. The average molecular weight is 367 g/mol. The summed E-state index contributed by atoms with van der Waals surface area (Å²) in [7, 11) is 3.02. The van der Waals surface area contributed by atoms with Gasteiger partial charge in [-0.15, -0.1) is 0 Å². The number of carbonyl (C=O) groups excluding carboxylic acids is 1. The Bertz CT molecular complexity index is 745. The maximum absolute atomic E-state index is 12.7. The number of nitrogens with zero attached hydrogens (tertiary/aromatic N) is 3. The van der Waals surface area contributed by atoms with Crippen molar-refractivity contribution >= 4 is 34.9 Å². The summed E-state index contributed by atoms with van der Waals surface area (Å²) in [6.07, 6.45) is -4.53. The molecule has 0 aliphatic rings. The quantitative estimate of drug-likeness (QED) is 0.845. The van der Waals surface area contributed by atoms with Crippen LogP contribution in [0.5, 0.6) is 0 Å². The van der Waals surface area contributed by atoms with Crippen LogP contribution in [0.4, 0.5) is 19.0 Å². The molecule has 23 heavy (non-hydrogen) atoms. The summed E-state index contributed by atoms with van der Waals surface area (Å²) in [6.45, 7) is 0. The highest BCUT2D eigenvalue weighted by Crippen LogP contribution is 2.31. The van der Waals surface area contributed by atoms with E-state index in [1.54, 1.807) is 7.05 Å². The monoisotopic (exact) mass is 366 g/mol. The number of hydrogen-bond acceptors (Lipinski definition) is 3. The van der Waals surface area contributed by atoms with E-state index in [0.29, 0.717) is 0 Å². The van der Waals surface area contributed by atoms with Gasteiger partial charge in [-0.25, -0.2) is 4.68 Å². The minimum Gasteiger partial charge on any atom is -0.270 e. The third kappa shape index (κ3) is 3.70. The first-order chi connectivity index (χ1) is 10.6. The Balaban J connectivity index is 2.22. The fraction of sp³-hybridized carbons (Fsp3) is 0.231. The van der Waals surface area contributed by atoms with Crippen LogP contribution in [0, 0.1) is 0 Å². The van der Waals surface area contributed by atoms with Crippen molar-refractivity contribution in [3.05, 3.63) is 45.6 Å². The molecule has 0 atom stereocenters. The molecular weight excluding hydrogens is 356 g/mol. The summed E-state index contributed by atoms with van der Waals surface area (Å²) >= 11 is 11.7. The van der Waals surface area contributed by atoms with Crippen LogP contribution < -0.4 is 10.4 Å². The summed E-state index contributed by atoms with van der Waals surface area (Å²) < 4.78 is 39.4. The molecule has 0 bridgehead atoms. The summed E-state index contributed by atoms with van der Waals surface area (Å²) in [5.41, 5.74) is 1.36. The smallest absolute Gasteiger partial charge is 0.270 e. The molecule has 5 nitrogen and oxygen atoms in total. The molecule has 1 aromatic carbocycles. The molecule has 0 spiro atoms. The lowest BCUT2D eigenvalue weighted by atomic mass is 10.1. The molecule has 2 rings (SSSR count). The van der Waals surface area contributed by atoms with Gasteiger partial charge in [-0.05, 0) is 18.2 Å². The molecule has 0 saturated carbocycles. The lowest BCUT2D eigenvalue weighted by Gasteiger charge is -2.20. The molecule has 1 amide bonds. The predicted molar refractivity (Wildman–Crippen MR) is 80.5 cm³/mol. The van der Waals surface area contributed by atoms with Gasteiger partial charge in [-0.1, -0.05) is 29.3 Å². The Morgan fingerprint density at radius 3 is 2.52 bits per heavy atom. The number of amides is 1. The largest absolute Gasteiger partial charge is 0.416 e. The number of aryl methyl sites for hydroxylation is 1. The molecule has 0 unspecified atom stereocenters. The minimum atomic E-state index is -4.53. The van der Waals surface area contributed by atoms with Crippen LogP contribution in [0.2, 0.25) is 10.2 Å². The number of benzene rings is 1. The number of rotatable bonds is 3. The first kappa shape index (κ1) is 17.4. The molecule has 0 saturated heterocycles. The molecule has 1 N–H and O–H groups in total. The normalized spacial score (nSPS) is 11.4. The van der Waals surface area contributed by atoms with Gasteiger partial charge in [0.25, 0.3) is 5.91 Å². The van der Waals surface area contributed by atoms with Gasteiger partial charge in [-0.3, -0.25) is 15.2 Å². The van der Waals surface area contributed by atoms with Gasteiger partial charge < -0.3 is 0 Å². The van der Waals surface area contributed by atoms with Crippen LogP contribution in [0.15, 0.2) is 24.3 Å². The summed E-state index contributed by atoms with van der Waals surface area (Å²) in [5, 5.41) is 5.25. The van der Waals surface area contributed by atoms with Crippen LogP contribution in [0.25, 0.3) is 0 Å². The number of hydrazine groups is 1. The Labute approximate surface area is 139 Å². The van der Waals surface area contributed by atoms with E-state index in [4.69, 9.17) is 23.2 Å². The number of aromatic nitrogens is 2. The van der Waals surface area contributed by atoms with E-state index in [1.807, 2.05) is 0 Å². The van der Waals surface area contributed by atoms with Gasteiger partial charge >= 0.3 is 6.18 Å². The fourth-order valence-corrected chi connectivity index (χ4v) is 2.41. The van der Waals surface area contributed by atoms with Gasteiger partial charge in [0.2, 0.25) is 0 Å². The van der Waals surface area contributed by atoms with Crippen LogP contribution in [0.3, 0.4) is 0 Å². The van der Waals surface area contributed by atoms with Crippen molar-refractivity contribution in [3.63, 3.8) is 0 Å². The van der Waals surface area contributed by atoms with E-state index in [-0.39, 0.29) is 21.6 Å². The number of nitrogens with one attached hydrogen (secondary N) is 1. The molecule has 0 fully saturated rings. The van der Waals surface area contributed by atoms with Crippen LogP contribution in [0.1, 0.15) is 15.9 Å². The Kier molecular flexibility index (Phi) is 4.76. The standard InChI is InChI=1S/C13H11Cl2F3N4O/c1-21-12(9(14)10(15)19-21)22(2)20-11(23)7-4-3-5-8(6-7)13(16,17)18/h3-6H,1-2H3,(H,20,23). The lowest BCUT2D eigenvalue weighted by Crippen LogP contribution is -2.40. The van der Waals surface area contributed by atoms with Crippen molar-refractivity contribution in [2.24, 2.45) is 7.05 Å². The van der Waals surface area contributed by atoms with Crippen LogP contribution in [-0.4, -0.2) is 22.7 Å². The van der Waals surface area contributed by atoms with Gasteiger partial charge in [0.15, 0.2) is 11.0 Å². The zero-order valence-electron chi connectivity index (χ0n) is 11.9. The molecule has 10 heteroatoms. The van der Waals surface area contributed by atoms with Gasteiger partial charge in [0.1, 0.15) is 5.02 Å². The van der Waals surface area contributed by atoms with E-state index >= 15 is 0 Å². The summed E-state index contributed by atoms with van der Waals surface area (Å²) in [5.74, 6) is -0.441. The number of halogens is 5. The maximum atomic E-state index is 12.7. The fourth-order valence-electron chi connectivity index (χ4n) is 1.93. The van der Waals surface area contributed by atoms with E-state index < -0.39 is 17.6 Å². The van der Waals surface area contributed by atoms with Gasteiger partial charge in [0.05, 0.1) is 5.56 Å². The van der Waals surface area contributed by atoms with Crippen molar-refractivity contribution in [2.75, 3.05) is 12.1 Å². The topological polar surface area (TPSA) is 50.2 Å². The van der Waals surface area contributed by atoms with Crippen molar-refractivity contribution in [1.82, 2.24) is 15.2 Å². The number of anilines is 1. The molecule has 0 radical (unpaired) electrons. The van der Waals surface area contributed by atoms with Crippen LogP contribution >= 0.6 is 23.2 Å². The van der Waals surface area contributed by atoms with E-state index in [0.717, 1.165) is 18.2 Å². The van der Waals surface area contributed by atoms with Crippen molar-refractivity contribution in [3.8, 4) is 0 Å². The predicted octanol–water partition coefficient (Wildman–Crippen LogP) is 3.53. The lowest BCUT2D eigenvalue weighted by molar-refractivity contribution is -0.137. The van der Waals surface area contributed by atoms with Gasteiger partial charge in [0, 0.05) is 19.7 Å². The third-order valence-corrected chi connectivity index (χ3v) is 3.67. The SMILES string of the molecule is CN(NC(=O)c1cccc(C(F)(F)F)c1)c1c(Cl)c(Cl)nn1C. The Morgan fingerprint density at radius 2 is 2.00 bits per heavy atom. The molecular formula is C13H11Cl2F3N4O. The Hall–Kier alpha value is -1.93. The molecule has 0 aliphatic heterocycles. The second kappa shape index (κ2) is 6.29. The van der Waals surface area contributed by atoms with Crippen LogP contribution in [-0.2, 0) is 13.2 Å². The highest BCUT2D eigenvalue weighted by atomic mass is 35.5. The third-order valence-electron chi connectivity index (χ3n) is 2.96. The maximum Gasteiger partial charge on any atom is 0.416 e. The van der Waals surface area contributed by atoms with Crippen molar-refractivity contribution < 1.29 is 18.0 Å². The highest BCUT2D eigenvalue weighted by molar-refractivity contribution is 6.43. The minimum absolute atomic E-state index is 0.0457. The summed E-state index contributed by atoms with van der Waals surface area (Å²) in [4.78, 5) is 12.1. The van der Waals surface area contributed by atoms with E-state index in [2.05, 4.69) is 10.5 Å². The summed E-state index contributed by atoms with van der Waals surface area (Å²) in [6, 6.07) is 4.08. The molecule has 1 aromatic heterocycles. The van der Waals surface area contributed by atoms with E-state index in [1.165, 1.54) is 22.8 Å². The molecule has 124 valence electrons. The Morgan fingerprint density at radius 1 is 1.35 bits per heavy atom. The average Bonchev–Trinajstić information content (AvgIpc) is 2.71. The van der Waals surface area contributed by atoms with Gasteiger partial charge in [-0.2, -0.15) is 18.3 Å². The number of alkyl halides is 3. The van der Waals surface area contributed by atoms with Crippen molar-refractivity contribution in [2.45, 2.75) is 6.18 Å². The zero-order valence-corrected chi connectivity index (χ0v) is 13.5. The number of carbonyl (C=O) groups is 1. The zero-order chi connectivity index (χ0) is 17.4. The first-order valence-corrected chi connectivity index (χ1v) is 6.97. The second-order valence-electron chi connectivity index (χ2n) is 4.63. The van der Waals surface area contributed by atoms with E-state index in [9.17, 15) is 18.0 Å². The number of hydrogen-bond donors (Lipinski definition) is 1.